The highest BCUT2D eigenvalue weighted by molar-refractivity contribution is 5.72. The first-order chi connectivity index (χ1) is 9.20. The summed E-state index contributed by atoms with van der Waals surface area (Å²) >= 11 is 0. The second-order valence-electron chi connectivity index (χ2n) is 3.91. The molecule has 0 aliphatic carbocycles. The van der Waals surface area contributed by atoms with Crippen molar-refractivity contribution in [2.24, 2.45) is 0 Å². The number of aliphatic carboxylic acids is 1. The second-order valence-corrected chi connectivity index (χ2v) is 3.91. The van der Waals surface area contributed by atoms with Crippen LogP contribution in [0.25, 0.3) is 11.1 Å². The summed E-state index contributed by atoms with van der Waals surface area (Å²) in [5.74, 6) is 0.284. The lowest BCUT2D eigenvalue weighted by molar-refractivity contribution is -0.139. The molecule has 0 unspecified atom stereocenters. The van der Waals surface area contributed by atoms with Crippen LogP contribution in [0.2, 0.25) is 0 Å². The molecule has 2 aromatic carbocycles. The summed E-state index contributed by atoms with van der Waals surface area (Å²) in [7, 11) is 1.61. The van der Waals surface area contributed by atoms with Crippen LogP contribution in [0.3, 0.4) is 0 Å². The minimum absolute atomic E-state index is 0.352. The standard InChI is InChI=1S/C15H14O4/c1-18-14-8-3-2-7-13(14)11-5-4-6-12(9-11)19-10-15(16)17/h2-9H,10H2,1H3,(H,16,17). The first kappa shape index (κ1) is 13.0. The van der Waals surface area contributed by atoms with E-state index >= 15 is 0 Å². The molecule has 0 aromatic heterocycles. The molecular weight excluding hydrogens is 244 g/mol. The predicted octanol–water partition coefficient (Wildman–Crippen LogP) is 2.83. The number of methoxy groups -OCH3 is 1. The summed E-state index contributed by atoms with van der Waals surface area (Å²) in [6, 6.07) is 14.9. The average Bonchev–Trinajstić information content (AvgIpc) is 2.45. The zero-order chi connectivity index (χ0) is 13.7. The third kappa shape index (κ3) is 3.25. The van der Waals surface area contributed by atoms with Gasteiger partial charge in [0, 0.05) is 5.56 Å². The Balaban J connectivity index is 2.29. The third-order valence-corrected chi connectivity index (χ3v) is 2.61. The van der Waals surface area contributed by atoms with Gasteiger partial charge in [0.1, 0.15) is 11.5 Å². The zero-order valence-electron chi connectivity index (χ0n) is 10.5. The van der Waals surface area contributed by atoms with Crippen molar-refractivity contribution in [3.05, 3.63) is 48.5 Å². The Morgan fingerprint density at radius 3 is 2.68 bits per heavy atom. The van der Waals surface area contributed by atoms with Crippen LogP contribution >= 0.6 is 0 Å². The van der Waals surface area contributed by atoms with Crippen molar-refractivity contribution in [3.63, 3.8) is 0 Å². The molecule has 1 N–H and O–H groups in total. The van der Waals surface area contributed by atoms with Crippen LogP contribution in [0.15, 0.2) is 48.5 Å². The van der Waals surface area contributed by atoms with Gasteiger partial charge in [-0.2, -0.15) is 0 Å². The van der Waals surface area contributed by atoms with Gasteiger partial charge in [-0.1, -0.05) is 30.3 Å². The molecule has 19 heavy (non-hydrogen) atoms. The summed E-state index contributed by atoms with van der Waals surface area (Å²) in [5.41, 5.74) is 1.85. The lowest BCUT2D eigenvalue weighted by Crippen LogP contribution is -2.09. The lowest BCUT2D eigenvalue weighted by atomic mass is 10.0. The Morgan fingerprint density at radius 2 is 1.95 bits per heavy atom. The Kier molecular flexibility index (Phi) is 4.03. The molecule has 0 bridgehead atoms. The fourth-order valence-electron chi connectivity index (χ4n) is 1.78. The SMILES string of the molecule is COc1ccccc1-c1cccc(OCC(=O)O)c1. The smallest absolute Gasteiger partial charge is 0.341 e. The number of para-hydroxylation sites is 1. The quantitative estimate of drug-likeness (QED) is 0.896. The molecule has 0 amide bonds. The number of hydrogen-bond donors (Lipinski definition) is 1. The zero-order valence-corrected chi connectivity index (χ0v) is 10.5. The molecule has 0 saturated carbocycles. The van der Waals surface area contributed by atoms with E-state index in [0.717, 1.165) is 16.9 Å². The Bertz CT molecular complexity index is 578. The van der Waals surface area contributed by atoms with Crippen molar-refractivity contribution in [1.29, 1.82) is 0 Å². The number of carbonyl (C=O) groups is 1. The molecule has 0 fully saturated rings. The van der Waals surface area contributed by atoms with Crippen LogP contribution in [-0.2, 0) is 4.79 Å². The van der Waals surface area contributed by atoms with Gasteiger partial charge in [-0.3, -0.25) is 0 Å². The first-order valence-electron chi connectivity index (χ1n) is 5.79. The van der Waals surface area contributed by atoms with Gasteiger partial charge in [0.25, 0.3) is 0 Å². The van der Waals surface area contributed by atoms with Crippen LogP contribution in [0.4, 0.5) is 0 Å². The van der Waals surface area contributed by atoms with Crippen LogP contribution in [0.1, 0.15) is 0 Å². The van der Waals surface area contributed by atoms with Crippen molar-refractivity contribution in [2.75, 3.05) is 13.7 Å². The van der Waals surface area contributed by atoms with Gasteiger partial charge in [0.15, 0.2) is 6.61 Å². The summed E-state index contributed by atoms with van der Waals surface area (Å²) in [6.45, 7) is -0.352. The second kappa shape index (κ2) is 5.91. The molecule has 0 saturated heterocycles. The average molecular weight is 258 g/mol. The molecular formula is C15H14O4. The highest BCUT2D eigenvalue weighted by Gasteiger charge is 2.06. The molecule has 4 heteroatoms. The lowest BCUT2D eigenvalue weighted by Gasteiger charge is -2.10. The van der Waals surface area contributed by atoms with E-state index in [1.54, 1.807) is 19.2 Å². The van der Waals surface area contributed by atoms with Crippen LogP contribution in [0.5, 0.6) is 11.5 Å². The number of hydrogen-bond acceptors (Lipinski definition) is 3. The van der Waals surface area contributed by atoms with Crippen LogP contribution in [0, 0.1) is 0 Å². The molecule has 2 rings (SSSR count). The van der Waals surface area contributed by atoms with Crippen molar-refractivity contribution in [1.82, 2.24) is 0 Å². The minimum Gasteiger partial charge on any atom is -0.496 e. The fraction of sp³-hybridized carbons (Fsp3) is 0.133. The van der Waals surface area contributed by atoms with Gasteiger partial charge < -0.3 is 14.6 Å². The Morgan fingerprint density at radius 1 is 1.16 bits per heavy atom. The van der Waals surface area contributed by atoms with Gasteiger partial charge in [0.05, 0.1) is 7.11 Å². The third-order valence-electron chi connectivity index (χ3n) is 2.61. The van der Waals surface area contributed by atoms with Gasteiger partial charge in [-0.15, -0.1) is 0 Å². The van der Waals surface area contributed by atoms with E-state index in [9.17, 15) is 4.79 Å². The number of carboxylic acids is 1. The summed E-state index contributed by atoms with van der Waals surface area (Å²) in [5, 5.41) is 8.60. The molecule has 4 nitrogen and oxygen atoms in total. The van der Waals surface area contributed by atoms with Gasteiger partial charge in [-0.05, 0) is 23.8 Å². The number of ether oxygens (including phenoxy) is 2. The molecule has 0 radical (unpaired) electrons. The first-order valence-corrected chi connectivity index (χ1v) is 5.79. The van der Waals surface area contributed by atoms with Crippen LogP contribution in [-0.4, -0.2) is 24.8 Å². The van der Waals surface area contributed by atoms with Gasteiger partial charge in [-0.25, -0.2) is 4.79 Å². The summed E-state index contributed by atoms with van der Waals surface area (Å²) < 4.78 is 10.5. The van der Waals surface area contributed by atoms with E-state index in [1.165, 1.54) is 0 Å². The van der Waals surface area contributed by atoms with Crippen molar-refractivity contribution in [3.8, 4) is 22.6 Å². The van der Waals surface area contributed by atoms with Crippen molar-refractivity contribution >= 4 is 5.97 Å². The van der Waals surface area contributed by atoms with Crippen molar-refractivity contribution < 1.29 is 19.4 Å². The molecule has 0 atom stereocenters. The fourth-order valence-corrected chi connectivity index (χ4v) is 1.78. The maximum absolute atomic E-state index is 10.5. The molecule has 98 valence electrons. The van der Waals surface area contributed by atoms with E-state index in [2.05, 4.69) is 0 Å². The largest absolute Gasteiger partial charge is 0.496 e. The summed E-state index contributed by atoms with van der Waals surface area (Å²) in [4.78, 5) is 10.5. The summed E-state index contributed by atoms with van der Waals surface area (Å²) in [6.07, 6.45) is 0. The van der Waals surface area contributed by atoms with E-state index < -0.39 is 5.97 Å². The van der Waals surface area contributed by atoms with E-state index in [4.69, 9.17) is 14.6 Å². The van der Waals surface area contributed by atoms with Crippen LogP contribution < -0.4 is 9.47 Å². The number of carboxylic acid groups (broad SMARTS) is 1. The Labute approximate surface area is 111 Å². The monoisotopic (exact) mass is 258 g/mol. The normalized spacial score (nSPS) is 9.95. The molecule has 0 aliphatic heterocycles. The molecule has 0 heterocycles. The molecule has 0 spiro atoms. The minimum atomic E-state index is -0.998. The molecule has 0 aliphatic rings. The van der Waals surface area contributed by atoms with Gasteiger partial charge >= 0.3 is 5.97 Å². The highest BCUT2D eigenvalue weighted by atomic mass is 16.5. The maximum Gasteiger partial charge on any atom is 0.341 e. The maximum atomic E-state index is 10.5. The number of rotatable bonds is 5. The van der Waals surface area contributed by atoms with E-state index in [1.807, 2.05) is 36.4 Å². The predicted molar refractivity (Wildman–Crippen MR) is 71.6 cm³/mol. The Hall–Kier alpha value is -2.49. The molecule has 2 aromatic rings. The van der Waals surface area contributed by atoms with E-state index in [0.29, 0.717) is 5.75 Å². The number of benzene rings is 2. The highest BCUT2D eigenvalue weighted by Crippen LogP contribution is 2.31. The van der Waals surface area contributed by atoms with E-state index in [-0.39, 0.29) is 6.61 Å². The van der Waals surface area contributed by atoms with Gasteiger partial charge in [0.2, 0.25) is 0 Å². The van der Waals surface area contributed by atoms with Crippen molar-refractivity contribution in [2.45, 2.75) is 0 Å². The topological polar surface area (TPSA) is 55.8 Å².